The number of likely N-dealkylation sites (tertiary alicyclic amines) is 1. The van der Waals surface area contributed by atoms with Crippen molar-refractivity contribution in [2.75, 3.05) is 12.3 Å². The van der Waals surface area contributed by atoms with E-state index >= 15 is 0 Å². The fraction of sp³-hybridized carbons (Fsp3) is 0.471. The molecule has 23 heavy (non-hydrogen) atoms. The lowest BCUT2D eigenvalue weighted by Gasteiger charge is -2.25. The Kier molecular flexibility index (Phi) is 7.05. The topological polar surface area (TPSA) is 46.6 Å². The second kappa shape index (κ2) is 9.03. The van der Waals surface area contributed by atoms with Crippen molar-refractivity contribution in [2.24, 2.45) is 0 Å². The number of carbonyl (C=O) groups is 2. The first-order chi connectivity index (χ1) is 11.1. The van der Waals surface area contributed by atoms with E-state index in [0.29, 0.717) is 16.5 Å². The molecule has 1 saturated heterocycles. The van der Waals surface area contributed by atoms with Gasteiger partial charge < -0.3 is 9.64 Å². The first-order valence-electron chi connectivity index (χ1n) is 7.71. The Labute approximate surface area is 146 Å². The van der Waals surface area contributed by atoms with Gasteiger partial charge in [-0.2, -0.15) is 0 Å². The van der Waals surface area contributed by atoms with E-state index in [9.17, 15) is 9.59 Å². The summed E-state index contributed by atoms with van der Waals surface area (Å²) in [5, 5.41) is 0. The van der Waals surface area contributed by atoms with E-state index < -0.39 is 0 Å². The van der Waals surface area contributed by atoms with Crippen LogP contribution in [0.3, 0.4) is 0 Å². The molecule has 1 aliphatic rings. The van der Waals surface area contributed by atoms with E-state index in [2.05, 4.69) is 0 Å². The summed E-state index contributed by atoms with van der Waals surface area (Å²) in [7, 11) is 0. The Morgan fingerprint density at radius 2 is 2.09 bits per heavy atom. The number of ketones is 1. The SMILES string of the molecule is CC(=O)CCSC(=S)N1CCCC1C(=O)OCc1ccccc1. The molecule has 0 bridgehead atoms. The Hall–Kier alpha value is -1.40. The summed E-state index contributed by atoms with van der Waals surface area (Å²) in [4.78, 5) is 25.3. The highest BCUT2D eigenvalue weighted by atomic mass is 32.2. The molecule has 6 heteroatoms. The lowest BCUT2D eigenvalue weighted by molar-refractivity contribution is -0.149. The van der Waals surface area contributed by atoms with Gasteiger partial charge in [-0.25, -0.2) is 4.79 Å². The van der Waals surface area contributed by atoms with Crippen LogP contribution < -0.4 is 0 Å². The fourth-order valence-corrected chi connectivity index (χ4v) is 3.84. The Bertz CT molecular complexity index is 562. The summed E-state index contributed by atoms with van der Waals surface area (Å²) < 4.78 is 6.12. The van der Waals surface area contributed by atoms with Crippen LogP contribution in [0.2, 0.25) is 0 Å². The third-order valence-corrected chi connectivity index (χ3v) is 5.14. The van der Waals surface area contributed by atoms with Crippen molar-refractivity contribution >= 4 is 40.1 Å². The van der Waals surface area contributed by atoms with Crippen LogP contribution in [0.4, 0.5) is 0 Å². The summed E-state index contributed by atoms with van der Waals surface area (Å²) in [5.41, 5.74) is 0.976. The zero-order chi connectivity index (χ0) is 16.7. The van der Waals surface area contributed by atoms with Crippen LogP contribution >= 0.6 is 24.0 Å². The van der Waals surface area contributed by atoms with Gasteiger partial charge in [0.25, 0.3) is 0 Å². The van der Waals surface area contributed by atoms with Gasteiger partial charge in [-0.1, -0.05) is 54.3 Å². The van der Waals surface area contributed by atoms with Crippen LogP contribution in [-0.2, 0) is 20.9 Å². The maximum absolute atomic E-state index is 12.3. The van der Waals surface area contributed by atoms with Crippen molar-refractivity contribution < 1.29 is 14.3 Å². The van der Waals surface area contributed by atoms with Gasteiger partial charge in [0.15, 0.2) is 0 Å². The zero-order valence-electron chi connectivity index (χ0n) is 13.2. The largest absolute Gasteiger partial charge is 0.459 e. The lowest BCUT2D eigenvalue weighted by Crippen LogP contribution is -2.39. The first kappa shape index (κ1) is 17.9. The summed E-state index contributed by atoms with van der Waals surface area (Å²) in [6, 6.07) is 9.35. The van der Waals surface area contributed by atoms with Crippen LogP contribution in [0.25, 0.3) is 0 Å². The predicted molar refractivity (Wildman–Crippen MR) is 96.3 cm³/mol. The maximum atomic E-state index is 12.3. The Balaban J connectivity index is 1.83. The van der Waals surface area contributed by atoms with Crippen molar-refractivity contribution in [2.45, 2.75) is 38.8 Å². The molecule has 2 rings (SSSR count). The molecule has 1 atom stereocenters. The summed E-state index contributed by atoms with van der Waals surface area (Å²) >= 11 is 6.88. The molecule has 124 valence electrons. The normalized spacial score (nSPS) is 17.1. The van der Waals surface area contributed by atoms with E-state index in [0.717, 1.165) is 24.9 Å². The third kappa shape index (κ3) is 5.62. The maximum Gasteiger partial charge on any atom is 0.329 e. The van der Waals surface area contributed by atoms with Crippen LogP contribution in [0.1, 0.15) is 31.7 Å². The molecule has 1 aliphatic heterocycles. The van der Waals surface area contributed by atoms with Crippen LogP contribution in [0.15, 0.2) is 30.3 Å². The smallest absolute Gasteiger partial charge is 0.329 e. The molecule has 1 aromatic carbocycles. The first-order valence-corrected chi connectivity index (χ1v) is 9.10. The van der Waals surface area contributed by atoms with Gasteiger partial charge in [0.2, 0.25) is 0 Å². The zero-order valence-corrected chi connectivity index (χ0v) is 14.8. The summed E-state index contributed by atoms with van der Waals surface area (Å²) in [6.07, 6.45) is 2.20. The van der Waals surface area contributed by atoms with Crippen molar-refractivity contribution in [3.8, 4) is 0 Å². The molecule has 0 N–H and O–H groups in total. The Morgan fingerprint density at radius 1 is 1.35 bits per heavy atom. The molecule has 0 aromatic heterocycles. The van der Waals surface area contributed by atoms with Gasteiger partial charge in [0.1, 0.15) is 22.8 Å². The second-order valence-corrected chi connectivity index (χ2v) is 7.24. The highest BCUT2D eigenvalue weighted by Gasteiger charge is 2.33. The van der Waals surface area contributed by atoms with Gasteiger partial charge in [-0.05, 0) is 25.3 Å². The average molecular weight is 351 g/mol. The molecule has 0 aliphatic carbocycles. The third-order valence-electron chi connectivity index (χ3n) is 3.66. The van der Waals surface area contributed by atoms with Crippen LogP contribution in [-0.4, -0.2) is 39.3 Å². The van der Waals surface area contributed by atoms with Gasteiger partial charge >= 0.3 is 5.97 Å². The van der Waals surface area contributed by atoms with E-state index in [1.54, 1.807) is 6.92 Å². The molecule has 0 spiro atoms. The second-order valence-electron chi connectivity index (χ2n) is 5.51. The monoisotopic (exact) mass is 351 g/mol. The minimum atomic E-state index is -0.295. The summed E-state index contributed by atoms with van der Waals surface area (Å²) in [5.74, 6) is 0.595. The number of hydrogen-bond donors (Lipinski definition) is 0. The van der Waals surface area contributed by atoms with Crippen LogP contribution in [0.5, 0.6) is 0 Å². The minimum Gasteiger partial charge on any atom is -0.459 e. The van der Waals surface area contributed by atoms with Crippen LogP contribution in [0, 0.1) is 0 Å². The van der Waals surface area contributed by atoms with Crippen molar-refractivity contribution in [1.29, 1.82) is 0 Å². The Morgan fingerprint density at radius 3 is 2.78 bits per heavy atom. The molecule has 4 nitrogen and oxygen atoms in total. The number of hydrogen-bond acceptors (Lipinski definition) is 5. The highest BCUT2D eigenvalue weighted by Crippen LogP contribution is 2.24. The molecular formula is C17H21NO3S2. The number of rotatable bonds is 6. The van der Waals surface area contributed by atoms with E-state index in [4.69, 9.17) is 17.0 Å². The molecule has 1 aromatic rings. The minimum absolute atomic E-state index is 0.153. The molecule has 0 radical (unpaired) electrons. The molecular weight excluding hydrogens is 330 g/mol. The number of Topliss-reactive ketones (excluding diaryl/α,β-unsaturated/α-hetero) is 1. The lowest BCUT2D eigenvalue weighted by atomic mass is 10.2. The van der Waals surface area contributed by atoms with Gasteiger partial charge in [-0.3, -0.25) is 4.79 Å². The molecule has 0 saturated carbocycles. The molecule has 1 heterocycles. The van der Waals surface area contributed by atoms with E-state index in [1.807, 2.05) is 35.2 Å². The molecule has 1 unspecified atom stereocenters. The van der Waals surface area contributed by atoms with Gasteiger partial charge in [-0.15, -0.1) is 0 Å². The van der Waals surface area contributed by atoms with Crippen molar-refractivity contribution in [3.05, 3.63) is 35.9 Å². The fourth-order valence-electron chi connectivity index (χ4n) is 2.42. The quantitative estimate of drug-likeness (QED) is 0.579. The average Bonchev–Trinajstić information content (AvgIpc) is 3.03. The standard InChI is InChI=1S/C17H21NO3S2/c1-13(19)9-11-23-17(22)18-10-5-8-15(18)16(20)21-12-14-6-3-2-4-7-14/h2-4,6-7,15H,5,8-12H2,1H3. The predicted octanol–water partition coefficient (Wildman–Crippen LogP) is 3.19. The number of benzene rings is 1. The number of esters is 1. The number of thioether (sulfide) groups is 1. The van der Waals surface area contributed by atoms with Gasteiger partial charge in [0, 0.05) is 18.7 Å². The number of thiocarbonyl (C=S) groups is 1. The summed E-state index contributed by atoms with van der Waals surface area (Å²) in [6.45, 7) is 2.63. The van der Waals surface area contributed by atoms with E-state index in [1.165, 1.54) is 11.8 Å². The van der Waals surface area contributed by atoms with Crippen molar-refractivity contribution in [3.63, 3.8) is 0 Å². The highest BCUT2D eigenvalue weighted by molar-refractivity contribution is 8.22. The van der Waals surface area contributed by atoms with Gasteiger partial charge in [0.05, 0.1) is 0 Å². The number of ether oxygens (including phenoxy) is 1. The number of nitrogens with zero attached hydrogens (tertiary/aromatic N) is 1. The molecule has 1 fully saturated rings. The number of carbonyl (C=O) groups excluding carboxylic acids is 2. The van der Waals surface area contributed by atoms with Crippen molar-refractivity contribution in [1.82, 2.24) is 4.90 Å². The van der Waals surface area contributed by atoms with E-state index in [-0.39, 0.29) is 24.4 Å². The molecule has 0 amide bonds.